The minimum Gasteiger partial charge on any atom is -0.508 e. The molecule has 5 nitrogen and oxygen atoms in total. The number of nitrogens with zero attached hydrogens (tertiary/aromatic N) is 3. The van der Waals surface area contributed by atoms with Crippen molar-refractivity contribution in [2.45, 2.75) is 6.04 Å². The van der Waals surface area contributed by atoms with Gasteiger partial charge in [0.15, 0.2) is 0 Å². The van der Waals surface area contributed by atoms with E-state index in [1.54, 1.807) is 28.8 Å². The number of thiazole rings is 1. The van der Waals surface area contributed by atoms with Gasteiger partial charge in [0, 0.05) is 5.56 Å². The van der Waals surface area contributed by atoms with Crippen molar-refractivity contribution in [2.75, 3.05) is 0 Å². The Labute approximate surface area is 176 Å². The van der Waals surface area contributed by atoms with Crippen LogP contribution in [0.2, 0.25) is 0 Å². The molecule has 5 rings (SSSR count). The van der Waals surface area contributed by atoms with Crippen LogP contribution in [0.3, 0.4) is 0 Å². The highest BCUT2D eigenvalue weighted by atomic mass is 32.1. The molecule has 1 N–H and O–H groups in total. The second-order valence-electron chi connectivity index (χ2n) is 6.92. The third kappa shape index (κ3) is 3.27. The van der Waals surface area contributed by atoms with Crippen molar-refractivity contribution < 1.29 is 5.11 Å². The smallest absolute Gasteiger partial charge is 0.271 e. The van der Waals surface area contributed by atoms with Crippen molar-refractivity contribution in [1.82, 2.24) is 4.57 Å². The summed E-state index contributed by atoms with van der Waals surface area (Å²) in [6.45, 7) is 0. The topological polar surface area (TPSA) is 66.9 Å². The largest absolute Gasteiger partial charge is 0.508 e. The number of aromatic hydroxyl groups is 1. The van der Waals surface area contributed by atoms with Crippen LogP contribution < -0.4 is 14.9 Å². The fourth-order valence-electron chi connectivity index (χ4n) is 3.55. The Morgan fingerprint density at radius 3 is 2.23 bits per heavy atom. The van der Waals surface area contributed by atoms with Gasteiger partial charge >= 0.3 is 0 Å². The number of fused-ring (bicyclic) bond motifs is 1. The van der Waals surface area contributed by atoms with Crippen LogP contribution in [0.4, 0.5) is 0 Å². The number of phenols is 1. The fourth-order valence-corrected chi connectivity index (χ4v) is 4.49. The Morgan fingerprint density at radius 1 is 0.867 bits per heavy atom. The minimum absolute atomic E-state index is 0.107. The van der Waals surface area contributed by atoms with Crippen LogP contribution in [0.25, 0.3) is 6.08 Å². The first-order valence-electron chi connectivity index (χ1n) is 9.49. The molecule has 1 aliphatic rings. The van der Waals surface area contributed by atoms with Gasteiger partial charge in [-0.05, 0) is 29.3 Å². The van der Waals surface area contributed by atoms with Gasteiger partial charge in [0.05, 0.1) is 10.2 Å². The number of aromatic nitrogens is 1. The Kier molecular flexibility index (Phi) is 4.61. The van der Waals surface area contributed by atoms with E-state index in [0.717, 1.165) is 22.4 Å². The summed E-state index contributed by atoms with van der Waals surface area (Å²) in [7, 11) is 0. The van der Waals surface area contributed by atoms with Gasteiger partial charge in [-0.3, -0.25) is 9.36 Å². The lowest BCUT2D eigenvalue weighted by Gasteiger charge is -2.22. The molecular formula is C24H17N3O2S. The average Bonchev–Trinajstić information content (AvgIpc) is 3.11. The molecule has 2 heterocycles. The Balaban J connectivity index is 1.72. The molecule has 0 spiro atoms. The van der Waals surface area contributed by atoms with Crippen molar-refractivity contribution in [3.8, 4) is 5.75 Å². The summed E-state index contributed by atoms with van der Waals surface area (Å²) in [5, 5.41) is 18.4. The molecule has 0 saturated heterocycles. The van der Waals surface area contributed by atoms with Gasteiger partial charge in [-0.2, -0.15) is 0 Å². The lowest BCUT2D eigenvalue weighted by atomic mass is 9.96. The molecule has 1 aromatic heterocycles. The van der Waals surface area contributed by atoms with E-state index in [0.29, 0.717) is 9.33 Å². The van der Waals surface area contributed by atoms with E-state index in [1.807, 2.05) is 66.7 Å². The molecular weight excluding hydrogens is 394 g/mol. The summed E-state index contributed by atoms with van der Waals surface area (Å²) in [4.78, 5) is 14.0. The first-order valence-corrected chi connectivity index (χ1v) is 10.3. The zero-order chi connectivity index (χ0) is 20.5. The van der Waals surface area contributed by atoms with Gasteiger partial charge < -0.3 is 5.11 Å². The van der Waals surface area contributed by atoms with Crippen molar-refractivity contribution in [3.63, 3.8) is 0 Å². The summed E-state index contributed by atoms with van der Waals surface area (Å²) in [5.74, 6) is 0.189. The number of rotatable bonds is 3. The van der Waals surface area contributed by atoms with Gasteiger partial charge in [0.25, 0.3) is 5.56 Å². The highest BCUT2D eigenvalue weighted by Gasteiger charge is 2.28. The molecule has 6 heteroatoms. The number of phenolic OH excluding ortho intramolecular Hbond substituents is 1. The molecule has 0 unspecified atom stereocenters. The maximum atomic E-state index is 13.4. The van der Waals surface area contributed by atoms with Crippen LogP contribution >= 0.6 is 11.3 Å². The normalized spacial score (nSPS) is 15.9. The summed E-state index contributed by atoms with van der Waals surface area (Å²) in [6, 6.07) is 26.1. The number of hydrogen-bond acceptors (Lipinski definition) is 5. The molecule has 0 fully saturated rings. The van der Waals surface area contributed by atoms with E-state index in [1.165, 1.54) is 11.3 Å². The molecule has 0 aliphatic carbocycles. The number of benzene rings is 3. The summed E-state index contributed by atoms with van der Waals surface area (Å²) >= 11 is 1.32. The highest BCUT2D eigenvalue weighted by Crippen LogP contribution is 2.23. The molecule has 0 bridgehead atoms. The van der Waals surface area contributed by atoms with Gasteiger partial charge in [-0.1, -0.05) is 84.1 Å². The van der Waals surface area contributed by atoms with E-state index < -0.39 is 0 Å². The van der Waals surface area contributed by atoms with Crippen molar-refractivity contribution in [1.29, 1.82) is 0 Å². The summed E-state index contributed by atoms with van der Waals surface area (Å²) in [6.07, 6.45) is 1.82. The SMILES string of the molecule is O=c1/c(=C\c2ccc(O)cc2)sc2n1[C@@H](c1ccccc1)C(c1ccccc1)=NN=2. The fraction of sp³-hybridized carbons (Fsp3) is 0.0417. The zero-order valence-electron chi connectivity index (χ0n) is 15.8. The average molecular weight is 411 g/mol. The molecule has 0 saturated carbocycles. The maximum Gasteiger partial charge on any atom is 0.271 e. The van der Waals surface area contributed by atoms with E-state index in [9.17, 15) is 9.90 Å². The molecule has 30 heavy (non-hydrogen) atoms. The summed E-state index contributed by atoms with van der Waals surface area (Å²) in [5.41, 5.74) is 3.38. The standard InChI is InChI=1S/C24H17N3O2S/c28-19-13-11-16(12-14-19)15-20-23(29)27-22(18-9-5-2-6-10-18)21(25-26-24(27)30-20)17-7-3-1-4-8-17/h1-15,22,28H/b20-15+/t22-/m0/s1. The van der Waals surface area contributed by atoms with Gasteiger partial charge in [-0.15, -0.1) is 10.2 Å². The van der Waals surface area contributed by atoms with Crippen molar-refractivity contribution in [2.24, 2.45) is 10.2 Å². The molecule has 1 atom stereocenters. The molecule has 4 aromatic rings. The van der Waals surface area contributed by atoms with Crippen LogP contribution in [0.5, 0.6) is 5.75 Å². The minimum atomic E-state index is -0.355. The zero-order valence-corrected chi connectivity index (χ0v) is 16.7. The Morgan fingerprint density at radius 2 is 1.53 bits per heavy atom. The predicted molar refractivity (Wildman–Crippen MR) is 119 cm³/mol. The van der Waals surface area contributed by atoms with Crippen molar-refractivity contribution >= 4 is 23.1 Å². The first kappa shape index (κ1) is 18.3. The second kappa shape index (κ2) is 7.57. The maximum absolute atomic E-state index is 13.4. The van der Waals surface area contributed by atoms with Crippen molar-refractivity contribution in [3.05, 3.63) is 121 Å². The van der Waals surface area contributed by atoms with Crippen LogP contribution in [0.15, 0.2) is 99.9 Å². The van der Waals surface area contributed by atoms with Crippen LogP contribution in [-0.2, 0) is 0 Å². The molecule has 0 radical (unpaired) electrons. The van der Waals surface area contributed by atoms with Crippen LogP contribution in [0.1, 0.15) is 22.7 Å². The third-order valence-corrected chi connectivity index (χ3v) is 5.95. The highest BCUT2D eigenvalue weighted by molar-refractivity contribution is 7.07. The third-order valence-electron chi connectivity index (χ3n) is 4.97. The number of hydrogen-bond donors (Lipinski definition) is 1. The predicted octanol–water partition coefficient (Wildman–Crippen LogP) is 3.07. The monoisotopic (exact) mass is 411 g/mol. The van der Waals surface area contributed by atoms with Crippen LogP contribution in [-0.4, -0.2) is 15.4 Å². The quantitative estimate of drug-likeness (QED) is 0.563. The summed E-state index contributed by atoms with van der Waals surface area (Å²) < 4.78 is 2.30. The Bertz CT molecular complexity index is 1400. The lowest BCUT2D eigenvalue weighted by Crippen LogP contribution is -2.40. The second-order valence-corrected chi connectivity index (χ2v) is 7.93. The van der Waals surface area contributed by atoms with Crippen LogP contribution in [0, 0.1) is 0 Å². The van der Waals surface area contributed by atoms with E-state index in [-0.39, 0.29) is 17.4 Å². The van der Waals surface area contributed by atoms with E-state index in [4.69, 9.17) is 0 Å². The molecule has 1 aliphatic heterocycles. The van der Waals surface area contributed by atoms with E-state index in [2.05, 4.69) is 10.2 Å². The molecule has 0 amide bonds. The Hall–Kier alpha value is -3.77. The molecule has 146 valence electrons. The van der Waals surface area contributed by atoms with Gasteiger partial charge in [0.1, 0.15) is 11.8 Å². The van der Waals surface area contributed by atoms with Gasteiger partial charge in [0.2, 0.25) is 4.80 Å². The lowest BCUT2D eigenvalue weighted by molar-refractivity contribution is 0.475. The first-order chi connectivity index (χ1) is 14.7. The van der Waals surface area contributed by atoms with E-state index >= 15 is 0 Å². The van der Waals surface area contributed by atoms with Gasteiger partial charge in [-0.25, -0.2) is 0 Å². The molecule has 3 aromatic carbocycles.